The quantitative estimate of drug-likeness (QED) is 0.155. The first-order valence-corrected chi connectivity index (χ1v) is 16.2. The lowest BCUT2D eigenvalue weighted by atomic mass is 9.90. The summed E-state index contributed by atoms with van der Waals surface area (Å²) in [5, 5.41) is 11.8. The number of methoxy groups -OCH3 is 3. The molecule has 4 aromatic carbocycles. The van der Waals surface area contributed by atoms with E-state index < -0.39 is 17.0 Å². The van der Waals surface area contributed by atoms with Crippen molar-refractivity contribution in [2.45, 2.75) is 37.8 Å². The van der Waals surface area contributed by atoms with Crippen LogP contribution in [-0.4, -0.2) is 56.5 Å². The Balaban J connectivity index is 0.000000159. The Kier molecular flexibility index (Phi) is 8.60. The molecule has 1 aromatic heterocycles. The smallest absolute Gasteiger partial charge is 0.338 e. The molecular formula is C40H36O11. The standard InChI is InChI=1S/C21H18O5.C19H18O6/c1-21(2,26-20(23)13-6-4-3-5-7-13)18-11-15-10-14-8-9-19(22)25-16(14)12-17(15)24-18;1-21-12-5-4-11-6-14-13-8-17(22-2)18(23-3)9-16(13)24-10-19(14,20)25-15(11)7-12/h3-10,12,18H,11H2,1-2H3;4-9,20H,10H2,1-3H3. The maximum absolute atomic E-state index is 12.4. The molecule has 51 heavy (non-hydrogen) atoms. The second kappa shape index (κ2) is 13.1. The Hall–Kier alpha value is -5.94. The van der Waals surface area contributed by atoms with Crippen molar-refractivity contribution in [2.75, 3.05) is 27.9 Å². The SMILES string of the molecule is CC(C)(OC(=O)c1ccccc1)C1Cc2cc3ccc(=O)oc3cc2O1.COc1ccc2c(c1)OC1(O)COc3cc(OC)c(OC)cc3C1=C2. The van der Waals surface area contributed by atoms with E-state index in [1.54, 1.807) is 75.9 Å². The summed E-state index contributed by atoms with van der Waals surface area (Å²) in [5.41, 5.74) is 2.94. The molecule has 0 aliphatic carbocycles. The van der Waals surface area contributed by atoms with Crippen LogP contribution in [0.4, 0.5) is 0 Å². The van der Waals surface area contributed by atoms with Gasteiger partial charge in [0.15, 0.2) is 18.1 Å². The predicted molar refractivity (Wildman–Crippen MR) is 188 cm³/mol. The van der Waals surface area contributed by atoms with Crippen molar-refractivity contribution in [3.05, 3.63) is 118 Å². The lowest BCUT2D eigenvalue weighted by Crippen LogP contribution is -2.47. The maximum Gasteiger partial charge on any atom is 0.338 e. The van der Waals surface area contributed by atoms with Gasteiger partial charge in [-0.25, -0.2) is 9.59 Å². The van der Waals surface area contributed by atoms with E-state index in [0.29, 0.717) is 63.2 Å². The molecule has 0 saturated carbocycles. The number of rotatable bonds is 6. The molecule has 0 spiro atoms. The Morgan fingerprint density at radius 3 is 2.37 bits per heavy atom. The molecule has 5 aromatic rings. The van der Waals surface area contributed by atoms with Crippen LogP contribution in [-0.2, 0) is 11.2 Å². The number of hydrogen-bond acceptors (Lipinski definition) is 11. The highest BCUT2D eigenvalue weighted by Crippen LogP contribution is 2.49. The first-order valence-electron chi connectivity index (χ1n) is 16.2. The van der Waals surface area contributed by atoms with Crippen LogP contribution in [0.2, 0.25) is 0 Å². The minimum Gasteiger partial charge on any atom is -0.497 e. The summed E-state index contributed by atoms with van der Waals surface area (Å²) in [6.07, 6.45) is 2.18. The number of esters is 1. The Morgan fingerprint density at radius 1 is 0.863 bits per heavy atom. The van der Waals surface area contributed by atoms with Gasteiger partial charge in [0.1, 0.15) is 40.3 Å². The molecule has 0 amide bonds. The summed E-state index contributed by atoms with van der Waals surface area (Å²) < 4.78 is 44.4. The largest absolute Gasteiger partial charge is 0.497 e. The Labute approximate surface area is 293 Å². The second-order valence-corrected chi connectivity index (χ2v) is 12.8. The van der Waals surface area contributed by atoms with E-state index in [2.05, 4.69) is 0 Å². The first kappa shape index (κ1) is 33.6. The van der Waals surface area contributed by atoms with Crippen LogP contribution in [0.25, 0.3) is 22.6 Å². The molecule has 0 bridgehead atoms. The van der Waals surface area contributed by atoms with Crippen LogP contribution >= 0.6 is 0 Å². The molecule has 11 heteroatoms. The summed E-state index contributed by atoms with van der Waals surface area (Å²) in [6, 6.07) is 24.7. The topological polar surface area (TPSA) is 132 Å². The van der Waals surface area contributed by atoms with Gasteiger partial charge in [0, 0.05) is 52.8 Å². The van der Waals surface area contributed by atoms with Crippen molar-refractivity contribution < 1.29 is 47.5 Å². The lowest BCUT2D eigenvalue weighted by molar-refractivity contribution is -0.116. The molecule has 0 radical (unpaired) electrons. The van der Waals surface area contributed by atoms with Gasteiger partial charge in [0.2, 0.25) is 0 Å². The van der Waals surface area contributed by atoms with Gasteiger partial charge in [-0.2, -0.15) is 0 Å². The summed E-state index contributed by atoms with van der Waals surface area (Å²) in [6.45, 7) is 3.65. The maximum atomic E-state index is 12.4. The van der Waals surface area contributed by atoms with Crippen LogP contribution in [0.15, 0.2) is 94.1 Å². The minimum atomic E-state index is -1.58. The monoisotopic (exact) mass is 692 g/mol. The van der Waals surface area contributed by atoms with Gasteiger partial charge in [0.05, 0.1) is 26.9 Å². The molecule has 3 aliphatic rings. The third-order valence-electron chi connectivity index (χ3n) is 9.04. The molecule has 0 fully saturated rings. The van der Waals surface area contributed by atoms with E-state index >= 15 is 0 Å². The number of hydrogen-bond donors (Lipinski definition) is 1. The molecule has 4 heterocycles. The molecule has 1 N–H and O–H groups in total. The first-order chi connectivity index (χ1) is 24.5. The molecule has 8 rings (SSSR count). The average molecular weight is 693 g/mol. The van der Waals surface area contributed by atoms with E-state index in [1.165, 1.54) is 6.07 Å². The number of ether oxygens (including phenoxy) is 7. The number of benzene rings is 4. The fourth-order valence-corrected chi connectivity index (χ4v) is 6.25. The van der Waals surface area contributed by atoms with Gasteiger partial charge in [-0.1, -0.05) is 18.2 Å². The van der Waals surface area contributed by atoms with E-state index in [1.807, 2.05) is 44.2 Å². The van der Waals surface area contributed by atoms with Crippen molar-refractivity contribution in [2.24, 2.45) is 0 Å². The predicted octanol–water partition coefficient (Wildman–Crippen LogP) is 6.46. The van der Waals surface area contributed by atoms with Crippen LogP contribution in [0, 0.1) is 0 Å². The van der Waals surface area contributed by atoms with Gasteiger partial charge in [-0.05, 0) is 68.0 Å². The number of aliphatic hydroxyl groups is 1. The highest BCUT2D eigenvalue weighted by molar-refractivity contribution is 5.92. The van der Waals surface area contributed by atoms with Crippen LogP contribution in [0.1, 0.15) is 40.9 Å². The molecule has 3 aliphatic heterocycles. The molecule has 0 saturated heterocycles. The second-order valence-electron chi connectivity index (χ2n) is 12.8. The van der Waals surface area contributed by atoms with E-state index in [4.69, 9.17) is 37.6 Å². The van der Waals surface area contributed by atoms with E-state index in [0.717, 1.165) is 16.5 Å². The summed E-state index contributed by atoms with van der Waals surface area (Å²) >= 11 is 0. The zero-order chi connectivity index (χ0) is 35.9. The van der Waals surface area contributed by atoms with Crippen molar-refractivity contribution in [1.82, 2.24) is 0 Å². The molecule has 11 nitrogen and oxygen atoms in total. The molecule has 2 unspecified atom stereocenters. The third kappa shape index (κ3) is 6.43. The third-order valence-corrected chi connectivity index (χ3v) is 9.04. The van der Waals surface area contributed by atoms with Crippen molar-refractivity contribution in [1.29, 1.82) is 0 Å². The van der Waals surface area contributed by atoms with Gasteiger partial charge in [-0.15, -0.1) is 0 Å². The van der Waals surface area contributed by atoms with E-state index in [-0.39, 0.29) is 18.7 Å². The zero-order valence-corrected chi connectivity index (χ0v) is 28.7. The highest BCUT2D eigenvalue weighted by Gasteiger charge is 2.45. The van der Waals surface area contributed by atoms with Crippen LogP contribution in [0.3, 0.4) is 0 Å². The summed E-state index contributed by atoms with van der Waals surface area (Å²) in [5.74, 6) is 1.61. The Morgan fingerprint density at radius 2 is 1.63 bits per heavy atom. The van der Waals surface area contributed by atoms with E-state index in [9.17, 15) is 14.7 Å². The highest BCUT2D eigenvalue weighted by atomic mass is 16.7. The molecule has 2 atom stereocenters. The van der Waals surface area contributed by atoms with Gasteiger partial charge in [0.25, 0.3) is 5.79 Å². The van der Waals surface area contributed by atoms with Gasteiger partial charge >= 0.3 is 11.6 Å². The summed E-state index contributed by atoms with van der Waals surface area (Å²) in [7, 11) is 4.71. The lowest BCUT2D eigenvalue weighted by Gasteiger charge is -2.39. The van der Waals surface area contributed by atoms with Gasteiger partial charge < -0.3 is 42.7 Å². The minimum absolute atomic E-state index is 0.0298. The summed E-state index contributed by atoms with van der Waals surface area (Å²) in [4.78, 5) is 23.8. The number of carbonyl (C=O) groups is 1. The fourth-order valence-electron chi connectivity index (χ4n) is 6.25. The Bertz CT molecular complexity index is 2220. The number of carbonyl (C=O) groups excluding carboxylic acids is 1. The van der Waals surface area contributed by atoms with Crippen LogP contribution in [0.5, 0.6) is 34.5 Å². The van der Waals surface area contributed by atoms with Crippen molar-refractivity contribution >= 4 is 28.6 Å². The van der Waals surface area contributed by atoms with Gasteiger partial charge in [-0.3, -0.25) is 0 Å². The van der Waals surface area contributed by atoms with Crippen LogP contribution < -0.4 is 34.0 Å². The molecular weight excluding hydrogens is 656 g/mol. The van der Waals surface area contributed by atoms with Crippen molar-refractivity contribution in [3.63, 3.8) is 0 Å². The fraction of sp³-hybridized carbons (Fsp3) is 0.250. The van der Waals surface area contributed by atoms with Crippen molar-refractivity contribution in [3.8, 4) is 34.5 Å². The number of fused-ring (bicyclic) bond motifs is 6. The zero-order valence-electron chi connectivity index (χ0n) is 28.7. The molecule has 262 valence electrons. The normalized spacial score (nSPS) is 18.1. The average Bonchev–Trinajstić information content (AvgIpc) is 3.56.